The van der Waals surface area contributed by atoms with Gasteiger partial charge in [0.15, 0.2) is 0 Å². The van der Waals surface area contributed by atoms with Gasteiger partial charge >= 0.3 is 5.00 Å². The Bertz CT molecular complexity index is 362. The first-order valence-corrected chi connectivity index (χ1v) is 4.44. The van der Waals surface area contributed by atoms with Crippen LogP contribution in [0.4, 0.5) is 5.00 Å². The summed E-state index contributed by atoms with van der Waals surface area (Å²) in [5, 5.41) is 11.3. The average molecular weight is 216 g/mol. The first kappa shape index (κ1) is 10.6. The molecule has 0 aliphatic carbocycles. The van der Waals surface area contributed by atoms with E-state index in [1.54, 1.807) is 0 Å². The van der Waals surface area contributed by atoms with Crippen molar-refractivity contribution >= 4 is 22.2 Å². The summed E-state index contributed by atoms with van der Waals surface area (Å²) in [5.74, 6) is -0.398. The van der Waals surface area contributed by atoms with Gasteiger partial charge in [-0.15, -0.1) is 0 Å². The number of hydrogen-bond donors (Lipinski definition) is 0. The molecule has 0 atom stereocenters. The van der Waals surface area contributed by atoms with Crippen molar-refractivity contribution in [3.8, 4) is 0 Å². The van der Waals surface area contributed by atoms with E-state index in [1.807, 2.05) is 0 Å². The molecule has 7 heteroatoms. The van der Waals surface area contributed by atoms with Gasteiger partial charge in [-0.2, -0.15) is 0 Å². The third kappa shape index (κ3) is 2.06. The molecular formula is C7H8N2O4S. The van der Waals surface area contributed by atoms with E-state index in [0.717, 1.165) is 16.4 Å². The number of thiophene rings is 1. The zero-order valence-electron chi connectivity index (χ0n) is 7.59. The maximum Gasteiger partial charge on any atom is 0.324 e. The van der Waals surface area contributed by atoms with Gasteiger partial charge in [0.25, 0.3) is 5.91 Å². The Morgan fingerprint density at radius 3 is 2.71 bits per heavy atom. The summed E-state index contributed by atoms with van der Waals surface area (Å²) >= 11 is 0.822. The molecule has 1 heterocycles. The Kier molecular flexibility index (Phi) is 3.15. The minimum Gasteiger partial charge on any atom is -0.274 e. The van der Waals surface area contributed by atoms with Crippen LogP contribution in [0, 0.1) is 10.1 Å². The average Bonchev–Trinajstić information content (AvgIpc) is 2.64. The quantitative estimate of drug-likeness (QED) is 0.563. The van der Waals surface area contributed by atoms with Gasteiger partial charge in [0.2, 0.25) is 0 Å². The molecular weight excluding hydrogens is 208 g/mol. The molecule has 0 bridgehead atoms. The van der Waals surface area contributed by atoms with Crippen molar-refractivity contribution in [3.05, 3.63) is 27.1 Å². The molecule has 1 aromatic heterocycles. The number of hydrogen-bond acceptors (Lipinski definition) is 5. The number of nitrogens with zero attached hydrogens (tertiary/aromatic N) is 2. The van der Waals surface area contributed by atoms with Crippen LogP contribution < -0.4 is 0 Å². The summed E-state index contributed by atoms with van der Waals surface area (Å²) in [6, 6.07) is 2.70. The summed E-state index contributed by atoms with van der Waals surface area (Å²) in [6.45, 7) is 0. The molecule has 0 aliphatic heterocycles. The predicted octanol–water partition coefficient (Wildman–Crippen LogP) is 1.29. The fraction of sp³-hybridized carbons (Fsp3) is 0.286. The Balaban J connectivity index is 2.87. The van der Waals surface area contributed by atoms with Crippen molar-refractivity contribution in [1.29, 1.82) is 0 Å². The highest BCUT2D eigenvalue weighted by molar-refractivity contribution is 7.17. The van der Waals surface area contributed by atoms with Crippen LogP contribution in [0.3, 0.4) is 0 Å². The zero-order chi connectivity index (χ0) is 10.7. The topological polar surface area (TPSA) is 72.7 Å². The fourth-order valence-corrected chi connectivity index (χ4v) is 1.57. The maximum absolute atomic E-state index is 11.4. The molecule has 0 radical (unpaired) electrons. The molecule has 0 N–H and O–H groups in total. The van der Waals surface area contributed by atoms with Crippen LogP contribution in [0.15, 0.2) is 12.1 Å². The molecule has 76 valence electrons. The van der Waals surface area contributed by atoms with Crippen LogP contribution in [0.25, 0.3) is 0 Å². The zero-order valence-corrected chi connectivity index (χ0v) is 8.41. The second-order valence-corrected chi connectivity index (χ2v) is 3.44. The summed E-state index contributed by atoms with van der Waals surface area (Å²) in [4.78, 5) is 26.1. The summed E-state index contributed by atoms with van der Waals surface area (Å²) in [6.07, 6.45) is 0. The second-order valence-electron chi connectivity index (χ2n) is 2.38. The second kappa shape index (κ2) is 4.16. The van der Waals surface area contributed by atoms with E-state index in [4.69, 9.17) is 0 Å². The van der Waals surface area contributed by atoms with Gasteiger partial charge in [-0.25, -0.2) is 5.06 Å². The highest BCUT2D eigenvalue weighted by Crippen LogP contribution is 2.24. The molecule has 0 spiro atoms. The summed E-state index contributed by atoms with van der Waals surface area (Å²) in [5.41, 5.74) is 0. The van der Waals surface area contributed by atoms with Gasteiger partial charge in [-0.3, -0.25) is 19.7 Å². The normalized spacial score (nSPS) is 9.86. The van der Waals surface area contributed by atoms with Crippen molar-refractivity contribution < 1.29 is 14.6 Å². The van der Waals surface area contributed by atoms with Crippen LogP contribution in [0.1, 0.15) is 9.67 Å². The smallest absolute Gasteiger partial charge is 0.274 e. The molecule has 0 saturated heterocycles. The summed E-state index contributed by atoms with van der Waals surface area (Å²) < 4.78 is 0. The molecule has 1 aromatic rings. The van der Waals surface area contributed by atoms with E-state index in [2.05, 4.69) is 4.84 Å². The van der Waals surface area contributed by atoms with Gasteiger partial charge in [-0.05, 0) is 6.07 Å². The number of carbonyl (C=O) groups excluding carboxylic acids is 1. The number of hydroxylamine groups is 2. The van der Waals surface area contributed by atoms with E-state index in [1.165, 1.54) is 26.3 Å². The van der Waals surface area contributed by atoms with Crippen molar-refractivity contribution in [2.24, 2.45) is 0 Å². The third-order valence-electron chi connectivity index (χ3n) is 1.54. The molecule has 0 unspecified atom stereocenters. The highest BCUT2D eigenvalue weighted by Gasteiger charge is 2.17. The van der Waals surface area contributed by atoms with Crippen LogP contribution in [0.5, 0.6) is 0 Å². The van der Waals surface area contributed by atoms with E-state index in [-0.39, 0.29) is 9.88 Å². The number of rotatable bonds is 3. The van der Waals surface area contributed by atoms with Gasteiger partial charge < -0.3 is 0 Å². The Hall–Kier alpha value is -1.47. The van der Waals surface area contributed by atoms with E-state index < -0.39 is 10.8 Å². The van der Waals surface area contributed by atoms with Crippen molar-refractivity contribution in [2.45, 2.75) is 0 Å². The number of amides is 1. The van der Waals surface area contributed by atoms with Crippen molar-refractivity contribution in [1.82, 2.24) is 5.06 Å². The minimum atomic E-state index is -0.533. The fourth-order valence-electron chi connectivity index (χ4n) is 0.779. The third-order valence-corrected chi connectivity index (χ3v) is 2.57. The van der Waals surface area contributed by atoms with E-state index in [9.17, 15) is 14.9 Å². The lowest BCUT2D eigenvalue weighted by Gasteiger charge is -2.11. The molecule has 1 amide bonds. The molecule has 0 aliphatic rings. The highest BCUT2D eigenvalue weighted by atomic mass is 32.1. The number of nitro groups is 1. The number of carbonyl (C=O) groups is 1. The lowest BCUT2D eigenvalue weighted by atomic mass is 10.4. The standard InChI is InChI=1S/C7H8N2O4S/c1-8(13-2)7(10)5-3-4-6(14-5)9(11)12/h3-4H,1-2H3. The predicted molar refractivity (Wildman–Crippen MR) is 50.1 cm³/mol. The SMILES string of the molecule is CON(C)C(=O)c1ccc([N+](=O)[O-])s1. The molecule has 0 fully saturated rings. The molecule has 14 heavy (non-hydrogen) atoms. The van der Waals surface area contributed by atoms with E-state index in [0.29, 0.717) is 0 Å². The lowest BCUT2D eigenvalue weighted by molar-refractivity contribution is -0.380. The largest absolute Gasteiger partial charge is 0.324 e. The Morgan fingerprint density at radius 1 is 1.64 bits per heavy atom. The molecule has 0 aromatic carbocycles. The van der Waals surface area contributed by atoms with Crippen LogP contribution in [-0.4, -0.2) is 30.1 Å². The first-order valence-electron chi connectivity index (χ1n) is 3.62. The first-order chi connectivity index (χ1) is 6.56. The van der Waals surface area contributed by atoms with Gasteiger partial charge in [0.1, 0.15) is 4.88 Å². The molecule has 6 nitrogen and oxygen atoms in total. The van der Waals surface area contributed by atoms with E-state index >= 15 is 0 Å². The van der Waals surface area contributed by atoms with Crippen LogP contribution >= 0.6 is 11.3 Å². The lowest BCUT2D eigenvalue weighted by Crippen LogP contribution is -2.24. The van der Waals surface area contributed by atoms with Crippen molar-refractivity contribution in [3.63, 3.8) is 0 Å². The minimum absolute atomic E-state index is 0.0575. The Labute approximate surface area is 83.8 Å². The van der Waals surface area contributed by atoms with Gasteiger partial charge in [0.05, 0.1) is 12.0 Å². The van der Waals surface area contributed by atoms with Gasteiger partial charge in [-0.1, -0.05) is 11.3 Å². The van der Waals surface area contributed by atoms with Crippen molar-refractivity contribution in [2.75, 3.05) is 14.2 Å². The van der Waals surface area contributed by atoms with Crippen LogP contribution in [0.2, 0.25) is 0 Å². The monoisotopic (exact) mass is 216 g/mol. The maximum atomic E-state index is 11.4. The molecule has 1 rings (SSSR count). The summed E-state index contributed by atoms with van der Waals surface area (Å²) in [7, 11) is 2.79. The van der Waals surface area contributed by atoms with Gasteiger partial charge in [0, 0.05) is 13.1 Å². The van der Waals surface area contributed by atoms with Crippen LogP contribution in [-0.2, 0) is 4.84 Å². The molecule has 0 saturated carbocycles. The Morgan fingerprint density at radius 2 is 2.29 bits per heavy atom.